The maximum atomic E-state index is 12.7. The molecule has 0 aliphatic carbocycles. The first kappa shape index (κ1) is 88.1. The Morgan fingerprint density at radius 3 is 0.874 bits per heavy atom. The summed E-state index contributed by atoms with van der Waals surface area (Å²) in [5.41, 5.74) is 11.6. The Balaban J connectivity index is 0.000000167. The SMILES string of the molecule is CC(C)(C)NC(=O)c1ccc(C(=O)Nc2ccc(Cl)c(-c3ccccn3)c2)c(Cl)c1.CC(C)(C)NC(=O)c1ccc(C(=O)Nc2ccc(Cl)c(-c3ccccn3)c2)cc1.CC(C)NC(=O)c1ccc(C(=O)Nc2ccc(Cl)c(-c3ccccn3)c2)cc1.O=C(NCc1ccccn1)c1ccc(C(=O)Nc2ccc(Cl)c(-c3ccccn3)c2)cc1. The Morgan fingerprint density at radius 2 is 0.580 bits per heavy atom. The van der Waals surface area contributed by atoms with Gasteiger partial charge in [-0.1, -0.05) is 88.3 Å². The molecule has 0 radical (unpaired) electrons. The number of hydrogen-bond donors (Lipinski definition) is 8. The average molecular weight is 1690 g/mol. The highest BCUT2D eigenvalue weighted by molar-refractivity contribution is 6.36. The predicted molar refractivity (Wildman–Crippen MR) is 474 cm³/mol. The van der Waals surface area contributed by atoms with E-state index in [1.54, 1.807) is 183 Å². The van der Waals surface area contributed by atoms with Crippen molar-refractivity contribution in [1.82, 2.24) is 46.2 Å². The Morgan fingerprint density at radius 1 is 0.294 bits per heavy atom. The number of nitrogens with one attached hydrogen (secondary N) is 8. The topological polar surface area (TPSA) is 297 Å². The molecule has 0 saturated carbocycles. The van der Waals surface area contributed by atoms with Crippen LogP contribution in [0.1, 0.15) is 144 Å². The normalized spacial score (nSPS) is 10.8. The summed E-state index contributed by atoms with van der Waals surface area (Å²) < 4.78 is 0. The van der Waals surface area contributed by atoms with Crippen LogP contribution in [-0.4, -0.2) is 89.3 Å². The zero-order valence-electron chi connectivity index (χ0n) is 65.8. The molecule has 21 nitrogen and oxygen atoms in total. The Labute approximate surface area is 714 Å². The molecule has 0 unspecified atom stereocenters. The van der Waals surface area contributed by atoms with Gasteiger partial charge in [0.15, 0.2) is 0 Å². The summed E-state index contributed by atoms with van der Waals surface area (Å²) in [6.45, 7) is 15.5. The quantitative estimate of drug-likeness (QED) is 0.0374. The summed E-state index contributed by atoms with van der Waals surface area (Å²) in [4.78, 5) is 121. The van der Waals surface area contributed by atoms with Gasteiger partial charge in [-0.2, -0.15) is 0 Å². The van der Waals surface area contributed by atoms with Crippen LogP contribution in [0.25, 0.3) is 45.0 Å². The highest BCUT2D eigenvalue weighted by Gasteiger charge is 2.22. The third kappa shape index (κ3) is 26.4. The molecule has 0 bridgehead atoms. The second-order valence-corrected chi connectivity index (χ2v) is 31.0. The van der Waals surface area contributed by atoms with Crippen molar-refractivity contribution in [2.45, 2.75) is 79.1 Å². The number of rotatable bonds is 19. The molecule has 602 valence electrons. The summed E-state index contributed by atoms with van der Waals surface area (Å²) in [7, 11) is 0. The number of carbonyl (C=O) groups is 8. The fraction of sp³-hybridized carbons (Fsp3) is 0.129. The molecule has 119 heavy (non-hydrogen) atoms. The van der Waals surface area contributed by atoms with Crippen LogP contribution in [0.5, 0.6) is 0 Å². The van der Waals surface area contributed by atoms with Crippen molar-refractivity contribution in [1.29, 1.82) is 0 Å². The van der Waals surface area contributed by atoms with Crippen LogP contribution >= 0.6 is 58.0 Å². The summed E-state index contributed by atoms with van der Waals surface area (Å²) in [5.74, 6) is -2.07. The number of hydrogen-bond acceptors (Lipinski definition) is 13. The third-order valence-electron chi connectivity index (χ3n) is 16.9. The van der Waals surface area contributed by atoms with Crippen LogP contribution in [0.3, 0.4) is 0 Å². The van der Waals surface area contributed by atoms with Crippen LogP contribution < -0.4 is 42.5 Å². The molecular formula is C93H82Cl5N13O8. The molecule has 13 aromatic rings. The first-order valence-corrected chi connectivity index (χ1v) is 39.1. The van der Waals surface area contributed by atoms with Crippen LogP contribution in [0.2, 0.25) is 25.1 Å². The minimum Gasteiger partial charge on any atom is -0.350 e. The highest BCUT2D eigenvalue weighted by atomic mass is 35.5. The van der Waals surface area contributed by atoms with E-state index in [0.717, 1.165) is 39.5 Å². The van der Waals surface area contributed by atoms with Crippen molar-refractivity contribution < 1.29 is 38.4 Å². The summed E-state index contributed by atoms with van der Waals surface area (Å²) in [5, 5.41) is 25.1. The minimum atomic E-state index is -0.392. The molecule has 0 fully saturated rings. The first-order valence-electron chi connectivity index (χ1n) is 37.2. The summed E-state index contributed by atoms with van der Waals surface area (Å²) in [6, 6.07) is 72.7. The van der Waals surface area contributed by atoms with Gasteiger partial charge < -0.3 is 42.5 Å². The minimum absolute atomic E-state index is 0.0497. The van der Waals surface area contributed by atoms with Crippen molar-refractivity contribution in [2.75, 3.05) is 21.3 Å². The van der Waals surface area contributed by atoms with Crippen molar-refractivity contribution in [3.8, 4) is 45.0 Å². The van der Waals surface area contributed by atoms with E-state index in [9.17, 15) is 38.4 Å². The Hall–Kier alpha value is -13.3. The van der Waals surface area contributed by atoms with Crippen LogP contribution in [-0.2, 0) is 6.54 Å². The molecule has 8 N–H and O–H groups in total. The predicted octanol–water partition coefficient (Wildman–Crippen LogP) is 20.8. The smallest absolute Gasteiger partial charge is 0.257 e. The lowest BCUT2D eigenvalue weighted by Crippen LogP contribution is -2.40. The lowest BCUT2D eigenvalue weighted by atomic mass is 10.1. The number of benzene rings is 8. The van der Waals surface area contributed by atoms with Gasteiger partial charge in [-0.25, -0.2) is 0 Å². The third-order valence-corrected chi connectivity index (χ3v) is 18.5. The van der Waals surface area contributed by atoms with Crippen molar-refractivity contribution in [3.63, 3.8) is 0 Å². The van der Waals surface area contributed by atoms with Gasteiger partial charge in [0.05, 0.1) is 65.7 Å². The first-order chi connectivity index (χ1) is 56.9. The lowest BCUT2D eigenvalue weighted by molar-refractivity contribution is 0.0910. The molecule has 26 heteroatoms. The molecule has 8 aromatic carbocycles. The average Bonchev–Trinajstić information content (AvgIpc) is 0.829. The zero-order valence-corrected chi connectivity index (χ0v) is 69.6. The van der Waals surface area contributed by atoms with Gasteiger partial charge in [0.25, 0.3) is 47.3 Å². The van der Waals surface area contributed by atoms with Crippen LogP contribution in [0, 0.1) is 0 Å². The maximum absolute atomic E-state index is 12.7. The van der Waals surface area contributed by atoms with E-state index in [-0.39, 0.29) is 69.1 Å². The lowest BCUT2D eigenvalue weighted by Gasteiger charge is -2.20. The zero-order chi connectivity index (χ0) is 85.3. The van der Waals surface area contributed by atoms with Gasteiger partial charge in [-0.15, -0.1) is 0 Å². The van der Waals surface area contributed by atoms with E-state index in [0.29, 0.717) is 99.6 Å². The molecule has 13 rings (SSSR count). The number of nitrogens with zero attached hydrogens (tertiary/aromatic N) is 5. The molecule has 0 spiro atoms. The molecule has 5 heterocycles. The van der Waals surface area contributed by atoms with Gasteiger partial charge in [0, 0.05) is 132 Å². The van der Waals surface area contributed by atoms with Gasteiger partial charge in [-0.05, 0) is 280 Å². The summed E-state index contributed by atoms with van der Waals surface area (Å²) in [6.07, 6.45) is 8.41. The number of aromatic nitrogens is 5. The van der Waals surface area contributed by atoms with Gasteiger partial charge in [-0.3, -0.25) is 63.3 Å². The molecule has 0 aliphatic rings. The van der Waals surface area contributed by atoms with E-state index in [1.807, 2.05) is 146 Å². The monoisotopic (exact) mass is 1680 g/mol. The number of anilines is 4. The number of carbonyl (C=O) groups excluding carboxylic acids is 8. The number of halogens is 5. The van der Waals surface area contributed by atoms with E-state index in [2.05, 4.69) is 67.5 Å². The molecule has 0 saturated heterocycles. The Bertz CT molecular complexity index is 5750. The van der Waals surface area contributed by atoms with E-state index < -0.39 is 5.91 Å². The molecular weight excluding hydrogens is 1600 g/mol. The van der Waals surface area contributed by atoms with Crippen LogP contribution in [0.4, 0.5) is 22.7 Å². The second-order valence-electron chi connectivity index (χ2n) is 28.9. The van der Waals surface area contributed by atoms with Crippen molar-refractivity contribution in [2.24, 2.45) is 0 Å². The highest BCUT2D eigenvalue weighted by Crippen LogP contribution is 2.34. The molecule has 5 aromatic heterocycles. The van der Waals surface area contributed by atoms with Gasteiger partial charge in [0.1, 0.15) is 0 Å². The second kappa shape index (κ2) is 41.5. The van der Waals surface area contributed by atoms with E-state index in [4.69, 9.17) is 58.0 Å². The summed E-state index contributed by atoms with van der Waals surface area (Å²) >= 11 is 31.4. The largest absolute Gasteiger partial charge is 0.350 e. The standard InChI is InChI=1S/C25H19ClN4O2.C23H21Cl2N3O2.C23H22ClN3O2.C22H20ClN3O2/c26-22-12-11-19(15-21(22)23-6-2-4-14-28-23)30-25(32)18-9-7-17(8-10-18)24(31)29-16-20-5-1-3-13-27-20;1-23(2,3)28-21(29)14-7-9-16(19(25)12-14)22(30)27-15-8-10-18(24)17(13-15)20-6-4-5-11-26-20;1-23(2,3)27-22(29)16-9-7-15(8-10-16)21(28)26-17-11-12-19(24)18(14-17)20-6-4-5-13-25-20;1-14(2)25-21(27)15-6-8-16(9-7-15)22(28)26-17-10-11-19(23)18(13-17)20-5-3-4-12-24-20/h1-15H,16H2,(H,29,31)(H,30,32);4-13H,1-3H3,(H,27,30)(H,28,29);4-14H,1-3H3,(H,26,28)(H,27,29);3-14H,1-2H3,(H,25,27)(H,26,28). The number of pyridine rings is 5. The maximum Gasteiger partial charge on any atom is 0.257 e. The molecule has 0 atom stereocenters. The van der Waals surface area contributed by atoms with Crippen molar-refractivity contribution >= 4 is 128 Å². The fourth-order valence-corrected chi connectivity index (χ4v) is 12.3. The molecule has 8 amide bonds. The van der Waals surface area contributed by atoms with Crippen molar-refractivity contribution in [3.05, 3.63) is 361 Å². The fourth-order valence-electron chi connectivity index (χ4n) is 11.2. The molecule has 0 aliphatic heterocycles. The van der Waals surface area contributed by atoms with Gasteiger partial charge >= 0.3 is 0 Å². The number of amides is 8. The van der Waals surface area contributed by atoms with E-state index in [1.165, 1.54) is 12.1 Å². The Kier molecular flexibility index (Phi) is 30.7. The van der Waals surface area contributed by atoms with E-state index >= 15 is 0 Å². The van der Waals surface area contributed by atoms with Crippen LogP contribution in [0.15, 0.2) is 286 Å². The van der Waals surface area contributed by atoms with Gasteiger partial charge in [0.2, 0.25) is 0 Å².